The second kappa shape index (κ2) is 5.71. The molecule has 0 fully saturated rings. The van der Waals surface area contributed by atoms with Crippen molar-refractivity contribution in [3.05, 3.63) is 45.4 Å². The summed E-state index contributed by atoms with van der Waals surface area (Å²) in [5, 5.41) is 11.7. The zero-order valence-corrected chi connectivity index (χ0v) is 15.8. The Morgan fingerprint density at radius 1 is 1.15 bits per heavy atom. The molecule has 128 valence electrons. The van der Waals surface area contributed by atoms with Gasteiger partial charge in [0.2, 0.25) is 5.95 Å². The van der Waals surface area contributed by atoms with E-state index >= 15 is 0 Å². The van der Waals surface area contributed by atoms with Crippen molar-refractivity contribution >= 4 is 49.5 Å². The molecule has 0 amide bonds. The molecular weight excluding hydrogens is 392 g/mol. The van der Waals surface area contributed by atoms with Gasteiger partial charge in [0.05, 0.1) is 5.69 Å². The van der Waals surface area contributed by atoms with Gasteiger partial charge in [0.15, 0.2) is 0 Å². The maximum atomic E-state index is 9.53. The molecule has 2 aromatic carbocycles. The van der Waals surface area contributed by atoms with Gasteiger partial charge in [0.25, 0.3) is 0 Å². The van der Waals surface area contributed by atoms with E-state index in [1.54, 1.807) is 0 Å². The van der Waals surface area contributed by atoms with Crippen LogP contribution >= 0.6 is 15.9 Å². The zero-order chi connectivity index (χ0) is 18.6. The fraction of sp³-hybridized carbons (Fsp3) is 0.105. The van der Waals surface area contributed by atoms with E-state index in [4.69, 9.17) is 11.5 Å². The molecule has 0 atom stereocenters. The van der Waals surface area contributed by atoms with Crippen LogP contribution in [0.3, 0.4) is 0 Å². The van der Waals surface area contributed by atoms with Crippen LogP contribution in [0, 0.1) is 25.2 Å². The van der Waals surface area contributed by atoms with E-state index in [2.05, 4.69) is 43.0 Å². The van der Waals surface area contributed by atoms with Crippen molar-refractivity contribution < 1.29 is 0 Å². The van der Waals surface area contributed by atoms with Crippen molar-refractivity contribution in [1.82, 2.24) is 15.0 Å². The molecule has 4 aromatic rings. The van der Waals surface area contributed by atoms with Crippen LogP contribution in [-0.4, -0.2) is 15.0 Å². The molecule has 7 heteroatoms. The molecule has 0 aliphatic heterocycles. The van der Waals surface area contributed by atoms with E-state index in [1.807, 2.05) is 32.0 Å². The largest absolute Gasteiger partial charge is 0.382 e. The molecule has 0 spiro atoms. The first kappa shape index (κ1) is 16.4. The number of aromatic nitrogens is 3. The molecule has 0 aliphatic carbocycles. The van der Waals surface area contributed by atoms with Gasteiger partial charge >= 0.3 is 0 Å². The van der Waals surface area contributed by atoms with Crippen LogP contribution < -0.4 is 11.5 Å². The topological polar surface area (TPSA) is 117 Å². The molecule has 0 saturated carbocycles. The highest BCUT2D eigenvalue weighted by Crippen LogP contribution is 2.38. The van der Waals surface area contributed by atoms with Gasteiger partial charge < -0.3 is 16.5 Å². The molecule has 0 radical (unpaired) electrons. The first-order valence-electron chi connectivity index (χ1n) is 7.95. The van der Waals surface area contributed by atoms with Gasteiger partial charge in [-0.1, -0.05) is 15.9 Å². The van der Waals surface area contributed by atoms with Gasteiger partial charge in [-0.15, -0.1) is 0 Å². The monoisotopic (exact) mass is 406 g/mol. The number of nitrogens with zero attached hydrogens (tertiary/aromatic N) is 3. The molecule has 26 heavy (non-hydrogen) atoms. The van der Waals surface area contributed by atoms with Gasteiger partial charge in [-0.3, -0.25) is 0 Å². The number of hydrogen-bond donors (Lipinski definition) is 3. The van der Waals surface area contributed by atoms with E-state index in [0.717, 1.165) is 43.0 Å². The minimum Gasteiger partial charge on any atom is -0.382 e. The Balaban J connectivity index is 2.17. The molecule has 2 heterocycles. The molecule has 0 saturated heterocycles. The van der Waals surface area contributed by atoms with E-state index in [1.165, 1.54) is 0 Å². The zero-order valence-electron chi connectivity index (χ0n) is 14.2. The minimum atomic E-state index is 0.0512. The number of aromatic amines is 1. The number of nitrogens with one attached hydrogen (secondary N) is 1. The fourth-order valence-electron chi connectivity index (χ4n) is 3.43. The summed E-state index contributed by atoms with van der Waals surface area (Å²) in [7, 11) is 0. The van der Waals surface area contributed by atoms with E-state index < -0.39 is 0 Å². The lowest BCUT2D eigenvalue weighted by molar-refractivity contribution is 1.18. The summed E-state index contributed by atoms with van der Waals surface area (Å²) in [4.78, 5) is 11.7. The molecule has 5 N–H and O–H groups in total. The second-order valence-corrected chi connectivity index (χ2v) is 7.15. The van der Waals surface area contributed by atoms with Gasteiger partial charge in [-0.05, 0) is 49.2 Å². The van der Waals surface area contributed by atoms with Crippen molar-refractivity contribution in [2.45, 2.75) is 13.8 Å². The molecule has 0 unspecified atom stereocenters. The summed E-state index contributed by atoms with van der Waals surface area (Å²) < 4.78 is 1.00. The summed E-state index contributed by atoms with van der Waals surface area (Å²) in [6, 6.07) is 10.2. The maximum absolute atomic E-state index is 9.53. The maximum Gasteiger partial charge on any atom is 0.222 e. The molecule has 0 aliphatic rings. The van der Waals surface area contributed by atoms with Crippen molar-refractivity contribution in [2.75, 3.05) is 11.5 Å². The van der Waals surface area contributed by atoms with Crippen molar-refractivity contribution in [2.24, 2.45) is 0 Å². The van der Waals surface area contributed by atoms with Crippen LogP contribution in [0.5, 0.6) is 0 Å². The summed E-state index contributed by atoms with van der Waals surface area (Å²) in [6.45, 7) is 4.04. The van der Waals surface area contributed by atoms with Crippen LogP contribution in [0.4, 0.5) is 11.8 Å². The quantitative estimate of drug-likeness (QED) is 0.437. The lowest BCUT2D eigenvalue weighted by atomic mass is 9.95. The number of nitrogen functional groups attached to an aromatic ring is 2. The third-order valence-electron chi connectivity index (χ3n) is 4.62. The highest BCUT2D eigenvalue weighted by molar-refractivity contribution is 9.10. The SMILES string of the molecule is Cc1cc(-c2nc(N)nc(N)c2C#N)c(C)c2c1[nH]c1ccc(Br)cc12. The third kappa shape index (κ3) is 2.30. The van der Waals surface area contributed by atoms with Gasteiger partial charge in [0, 0.05) is 31.8 Å². The lowest BCUT2D eigenvalue weighted by Crippen LogP contribution is -2.05. The van der Waals surface area contributed by atoms with E-state index in [9.17, 15) is 5.26 Å². The number of H-pyrrole nitrogens is 1. The summed E-state index contributed by atoms with van der Waals surface area (Å²) >= 11 is 3.54. The number of benzene rings is 2. The summed E-state index contributed by atoms with van der Waals surface area (Å²) in [5.41, 5.74) is 17.4. The second-order valence-electron chi connectivity index (χ2n) is 6.23. The fourth-order valence-corrected chi connectivity index (χ4v) is 3.79. The minimum absolute atomic E-state index is 0.0512. The Bertz CT molecular complexity index is 1250. The van der Waals surface area contributed by atoms with E-state index in [0.29, 0.717) is 5.69 Å². The van der Waals surface area contributed by atoms with Crippen molar-refractivity contribution in [3.8, 4) is 17.3 Å². The number of aryl methyl sites for hydroxylation is 2. The summed E-state index contributed by atoms with van der Waals surface area (Å²) in [5.74, 6) is 0.143. The number of rotatable bonds is 1. The highest BCUT2D eigenvalue weighted by Gasteiger charge is 2.19. The van der Waals surface area contributed by atoms with Crippen LogP contribution in [0.2, 0.25) is 0 Å². The van der Waals surface area contributed by atoms with Crippen LogP contribution in [0.1, 0.15) is 16.7 Å². The van der Waals surface area contributed by atoms with Crippen molar-refractivity contribution in [1.29, 1.82) is 5.26 Å². The number of fused-ring (bicyclic) bond motifs is 3. The van der Waals surface area contributed by atoms with E-state index in [-0.39, 0.29) is 17.3 Å². The average molecular weight is 407 g/mol. The first-order chi connectivity index (χ1) is 12.4. The first-order valence-corrected chi connectivity index (χ1v) is 8.74. The lowest BCUT2D eigenvalue weighted by Gasteiger charge is -2.12. The number of nitrogens with two attached hydrogens (primary N) is 2. The molecule has 0 bridgehead atoms. The number of halogens is 1. The normalized spacial score (nSPS) is 11.2. The van der Waals surface area contributed by atoms with Gasteiger partial charge in [-0.2, -0.15) is 10.2 Å². The van der Waals surface area contributed by atoms with Crippen molar-refractivity contribution in [3.63, 3.8) is 0 Å². The smallest absolute Gasteiger partial charge is 0.222 e. The van der Waals surface area contributed by atoms with Gasteiger partial charge in [0.1, 0.15) is 17.5 Å². The molecular formula is C19H15BrN6. The molecule has 2 aromatic heterocycles. The predicted molar refractivity (Wildman–Crippen MR) is 108 cm³/mol. The molecule has 6 nitrogen and oxygen atoms in total. The Kier molecular flexibility index (Phi) is 3.60. The standard InChI is InChI=1S/C19H15BrN6/c1-8-5-11(17-13(7-21)18(22)26-19(23)25-17)9(2)15-12-6-10(20)3-4-14(12)24-16(8)15/h3-6,24H,1-2H3,(H4,22,23,25,26). The Morgan fingerprint density at radius 2 is 1.92 bits per heavy atom. The highest BCUT2D eigenvalue weighted by atomic mass is 79.9. The van der Waals surface area contributed by atoms with Crippen LogP contribution in [-0.2, 0) is 0 Å². The van der Waals surface area contributed by atoms with Crippen LogP contribution in [0.25, 0.3) is 33.1 Å². The predicted octanol–water partition coefficient (Wildman–Crippen LogP) is 4.19. The Labute approximate surface area is 158 Å². The number of nitriles is 1. The average Bonchev–Trinajstić information content (AvgIpc) is 2.97. The van der Waals surface area contributed by atoms with Gasteiger partial charge in [-0.25, -0.2) is 4.98 Å². The summed E-state index contributed by atoms with van der Waals surface area (Å²) in [6.07, 6.45) is 0. The van der Waals surface area contributed by atoms with Crippen LogP contribution in [0.15, 0.2) is 28.7 Å². The number of anilines is 2. The Hall–Kier alpha value is -3.11. The Morgan fingerprint density at radius 3 is 2.65 bits per heavy atom. The molecule has 4 rings (SSSR count). The number of hydrogen-bond acceptors (Lipinski definition) is 5. The third-order valence-corrected chi connectivity index (χ3v) is 5.11.